The Morgan fingerprint density at radius 3 is 2.81 bits per heavy atom. The molecule has 1 aromatic heterocycles. The van der Waals surface area contributed by atoms with Crippen LogP contribution in [-0.2, 0) is 11.2 Å². The van der Waals surface area contributed by atoms with Crippen molar-refractivity contribution >= 4 is 12.1 Å². The van der Waals surface area contributed by atoms with Crippen LogP contribution in [0.1, 0.15) is 35.8 Å². The molecule has 1 heterocycles. The molecule has 3 heteroatoms. The topological polar surface area (TPSA) is 47.0 Å². The number of nitrogens with zero attached hydrogens (tertiary/aromatic N) is 1. The van der Waals surface area contributed by atoms with Crippen molar-refractivity contribution in [2.75, 3.05) is 0 Å². The average molecular weight is 217 g/mol. The second-order valence-corrected chi connectivity index (χ2v) is 3.61. The molecule has 0 amide bonds. The Hall–Kier alpha value is -1.77. The Balaban J connectivity index is 2.32. The standard InChI is InChI=1S/C13H15NO2/c1-11(16)5-3-2-4-6-13-8-7-12(10-15)9-14-13/h3,5,7-10H,2,4,6H2,1H3/b5-3-. The molecule has 0 atom stereocenters. The lowest BCUT2D eigenvalue weighted by Gasteiger charge is -1.98. The van der Waals surface area contributed by atoms with Gasteiger partial charge in [0, 0.05) is 17.5 Å². The third-order valence-electron chi connectivity index (χ3n) is 2.14. The van der Waals surface area contributed by atoms with E-state index in [0.29, 0.717) is 5.56 Å². The highest BCUT2D eigenvalue weighted by Gasteiger charge is 1.94. The maximum Gasteiger partial charge on any atom is 0.152 e. The van der Waals surface area contributed by atoms with Crippen LogP contribution in [0.15, 0.2) is 30.5 Å². The SMILES string of the molecule is CC(=O)/C=C\CCCc1ccc(C=O)cn1. The number of carbonyl (C=O) groups excluding carboxylic acids is 2. The minimum atomic E-state index is 0.0773. The summed E-state index contributed by atoms with van der Waals surface area (Å²) < 4.78 is 0. The number of aryl methyl sites for hydroxylation is 1. The van der Waals surface area contributed by atoms with Crippen LogP contribution in [0.25, 0.3) is 0 Å². The van der Waals surface area contributed by atoms with E-state index in [-0.39, 0.29) is 5.78 Å². The second-order valence-electron chi connectivity index (χ2n) is 3.61. The van der Waals surface area contributed by atoms with Gasteiger partial charge in [-0.05, 0) is 44.4 Å². The molecule has 84 valence electrons. The fourth-order valence-corrected chi connectivity index (χ4v) is 1.30. The number of unbranched alkanes of at least 4 members (excludes halogenated alkanes) is 1. The molecule has 3 nitrogen and oxygen atoms in total. The molecular formula is C13H15NO2. The first kappa shape index (κ1) is 12.3. The molecule has 0 fully saturated rings. The van der Waals surface area contributed by atoms with E-state index >= 15 is 0 Å². The molecular weight excluding hydrogens is 202 g/mol. The first-order chi connectivity index (χ1) is 7.72. The van der Waals surface area contributed by atoms with Gasteiger partial charge in [0.15, 0.2) is 12.1 Å². The van der Waals surface area contributed by atoms with E-state index < -0.39 is 0 Å². The lowest BCUT2D eigenvalue weighted by molar-refractivity contribution is -0.112. The first-order valence-corrected chi connectivity index (χ1v) is 5.29. The van der Waals surface area contributed by atoms with Gasteiger partial charge in [-0.2, -0.15) is 0 Å². The van der Waals surface area contributed by atoms with Crippen LogP contribution in [0.4, 0.5) is 0 Å². The lowest BCUT2D eigenvalue weighted by Crippen LogP contribution is -1.91. The van der Waals surface area contributed by atoms with Gasteiger partial charge in [-0.1, -0.05) is 6.08 Å². The Labute approximate surface area is 95.2 Å². The zero-order chi connectivity index (χ0) is 11.8. The van der Waals surface area contributed by atoms with Crippen LogP contribution in [-0.4, -0.2) is 17.1 Å². The summed E-state index contributed by atoms with van der Waals surface area (Å²) in [6.07, 6.45) is 8.51. The quantitative estimate of drug-likeness (QED) is 0.417. The van der Waals surface area contributed by atoms with Crippen LogP contribution in [0.5, 0.6) is 0 Å². The smallest absolute Gasteiger partial charge is 0.152 e. The molecule has 1 aromatic rings. The minimum Gasteiger partial charge on any atom is -0.298 e. The van der Waals surface area contributed by atoms with Crippen molar-refractivity contribution < 1.29 is 9.59 Å². The predicted octanol–water partition coefficient (Wildman–Crippen LogP) is 2.36. The van der Waals surface area contributed by atoms with Gasteiger partial charge >= 0.3 is 0 Å². The summed E-state index contributed by atoms with van der Waals surface area (Å²) in [4.78, 5) is 25.2. The minimum absolute atomic E-state index is 0.0773. The Bertz CT molecular complexity index is 379. The summed E-state index contributed by atoms with van der Waals surface area (Å²) in [6, 6.07) is 3.62. The van der Waals surface area contributed by atoms with E-state index in [1.165, 1.54) is 6.92 Å². The third-order valence-corrected chi connectivity index (χ3v) is 2.14. The molecule has 0 bridgehead atoms. The van der Waals surface area contributed by atoms with Gasteiger partial charge in [0.25, 0.3) is 0 Å². The number of hydrogen-bond donors (Lipinski definition) is 0. The van der Waals surface area contributed by atoms with E-state index in [1.54, 1.807) is 18.3 Å². The van der Waals surface area contributed by atoms with Crippen LogP contribution in [0.2, 0.25) is 0 Å². The molecule has 0 saturated carbocycles. The molecule has 0 radical (unpaired) electrons. The van der Waals surface area contributed by atoms with Crippen molar-refractivity contribution in [1.82, 2.24) is 4.98 Å². The number of aldehydes is 1. The zero-order valence-electron chi connectivity index (χ0n) is 9.35. The van der Waals surface area contributed by atoms with Crippen molar-refractivity contribution in [1.29, 1.82) is 0 Å². The monoisotopic (exact) mass is 217 g/mol. The van der Waals surface area contributed by atoms with Gasteiger partial charge in [0.2, 0.25) is 0 Å². The summed E-state index contributed by atoms with van der Waals surface area (Å²) in [5.41, 5.74) is 1.57. The molecule has 0 spiro atoms. The number of aromatic nitrogens is 1. The normalized spacial score (nSPS) is 10.6. The molecule has 1 rings (SSSR count). The maximum absolute atomic E-state index is 10.6. The molecule has 16 heavy (non-hydrogen) atoms. The lowest BCUT2D eigenvalue weighted by atomic mass is 10.1. The predicted molar refractivity (Wildman–Crippen MR) is 62.4 cm³/mol. The van der Waals surface area contributed by atoms with Crippen molar-refractivity contribution in [3.63, 3.8) is 0 Å². The van der Waals surface area contributed by atoms with Crippen LogP contribution >= 0.6 is 0 Å². The Kier molecular flexibility index (Phi) is 5.12. The highest BCUT2D eigenvalue weighted by atomic mass is 16.1. The van der Waals surface area contributed by atoms with E-state index in [2.05, 4.69) is 4.98 Å². The number of ketones is 1. The fourth-order valence-electron chi connectivity index (χ4n) is 1.30. The van der Waals surface area contributed by atoms with Crippen molar-refractivity contribution in [3.05, 3.63) is 41.7 Å². The van der Waals surface area contributed by atoms with Crippen LogP contribution in [0.3, 0.4) is 0 Å². The highest BCUT2D eigenvalue weighted by Crippen LogP contribution is 2.03. The number of hydrogen-bond acceptors (Lipinski definition) is 3. The summed E-state index contributed by atoms with van der Waals surface area (Å²) in [7, 11) is 0. The Morgan fingerprint density at radius 1 is 1.44 bits per heavy atom. The number of allylic oxidation sites excluding steroid dienone is 2. The van der Waals surface area contributed by atoms with Gasteiger partial charge in [-0.25, -0.2) is 0 Å². The van der Waals surface area contributed by atoms with Gasteiger partial charge in [-0.15, -0.1) is 0 Å². The molecule has 0 unspecified atom stereocenters. The van der Waals surface area contributed by atoms with Crippen LogP contribution < -0.4 is 0 Å². The second kappa shape index (κ2) is 6.67. The highest BCUT2D eigenvalue weighted by molar-refractivity contribution is 5.87. The zero-order valence-corrected chi connectivity index (χ0v) is 9.35. The molecule has 0 aliphatic carbocycles. The summed E-state index contributed by atoms with van der Waals surface area (Å²) in [5.74, 6) is 0.0773. The van der Waals surface area contributed by atoms with Gasteiger partial charge < -0.3 is 0 Å². The Morgan fingerprint density at radius 2 is 2.25 bits per heavy atom. The summed E-state index contributed by atoms with van der Waals surface area (Å²) in [5, 5.41) is 0. The number of pyridine rings is 1. The molecule has 0 aliphatic rings. The summed E-state index contributed by atoms with van der Waals surface area (Å²) in [6.45, 7) is 1.54. The summed E-state index contributed by atoms with van der Waals surface area (Å²) >= 11 is 0. The van der Waals surface area contributed by atoms with Crippen molar-refractivity contribution in [3.8, 4) is 0 Å². The van der Waals surface area contributed by atoms with Crippen molar-refractivity contribution in [2.24, 2.45) is 0 Å². The molecule has 0 aliphatic heterocycles. The van der Waals surface area contributed by atoms with Crippen molar-refractivity contribution in [2.45, 2.75) is 26.2 Å². The first-order valence-electron chi connectivity index (χ1n) is 5.29. The van der Waals surface area contributed by atoms with E-state index in [4.69, 9.17) is 0 Å². The third kappa shape index (κ3) is 4.64. The fraction of sp³-hybridized carbons (Fsp3) is 0.308. The average Bonchev–Trinajstić information content (AvgIpc) is 2.29. The molecule has 0 saturated heterocycles. The van der Waals surface area contributed by atoms with Gasteiger partial charge in [0.1, 0.15) is 0 Å². The van der Waals surface area contributed by atoms with E-state index in [0.717, 1.165) is 31.2 Å². The van der Waals surface area contributed by atoms with Crippen LogP contribution in [0, 0.1) is 0 Å². The van der Waals surface area contributed by atoms with E-state index in [9.17, 15) is 9.59 Å². The molecule has 0 N–H and O–H groups in total. The maximum atomic E-state index is 10.6. The van der Waals surface area contributed by atoms with Gasteiger partial charge in [0.05, 0.1) is 0 Å². The van der Waals surface area contributed by atoms with Gasteiger partial charge in [-0.3, -0.25) is 14.6 Å². The molecule has 0 aromatic carbocycles. The van der Waals surface area contributed by atoms with E-state index in [1.807, 2.05) is 12.1 Å². The number of rotatable bonds is 6. The largest absolute Gasteiger partial charge is 0.298 e. The number of carbonyl (C=O) groups is 2.